The molecule has 3 aromatic rings. The molecule has 6 heteroatoms. The van der Waals surface area contributed by atoms with E-state index in [0.717, 1.165) is 39.2 Å². The summed E-state index contributed by atoms with van der Waals surface area (Å²) < 4.78 is 29.3. The van der Waals surface area contributed by atoms with Crippen molar-refractivity contribution in [1.82, 2.24) is 9.29 Å². The Morgan fingerprint density at radius 3 is 2.42 bits per heavy atom. The molecule has 1 N–H and O–H groups in total. The largest absolute Gasteiger partial charge is 0.351 e. The van der Waals surface area contributed by atoms with Crippen LogP contribution in [-0.2, 0) is 36.3 Å². The van der Waals surface area contributed by atoms with Gasteiger partial charge in [-0.25, -0.2) is 13.1 Å². The Labute approximate surface area is 196 Å². The Morgan fingerprint density at radius 1 is 1.06 bits per heavy atom. The highest BCUT2D eigenvalue weighted by atomic mass is 32.2. The van der Waals surface area contributed by atoms with Gasteiger partial charge >= 0.3 is 0 Å². The molecule has 2 atom stereocenters. The zero-order chi connectivity index (χ0) is 23.8. The van der Waals surface area contributed by atoms with Gasteiger partial charge in [-0.1, -0.05) is 61.5 Å². The van der Waals surface area contributed by atoms with Crippen LogP contribution in [0.25, 0.3) is 11.1 Å². The molecule has 0 fully saturated rings. The quantitative estimate of drug-likeness (QED) is 0.597. The van der Waals surface area contributed by atoms with E-state index in [1.165, 1.54) is 6.26 Å². The summed E-state index contributed by atoms with van der Waals surface area (Å²) in [7, 11) is -1.39. The van der Waals surface area contributed by atoms with E-state index in [4.69, 9.17) is 0 Å². The first-order chi connectivity index (χ1) is 15.7. The molecule has 2 aromatic carbocycles. The summed E-state index contributed by atoms with van der Waals surface area (Å²) in [6.07, 6.45) is 3.80. The second kappa shape index (κ2) is 9.27. The molecule has 1 aromatic heterocycles. The lowest BCUT2D eigenvalue weighted by atomic mass is 9.77. The van der Waals surface area contributed by atoms with Crippen LogP contribution in [-0.4, -0.2) is 25.3 Å². The molecular weight excluding hydrogens is 432 g/mol. The van der Waals surface area contributed by atoms with Crippen molar-refractivity contribution in [2.24, 2.45) is 7.05 Å². The summed E-state index contributed by atoms with van der Waals surface area (Å²) in [6.45, 7) is 4.00. The van der Waals surface area contributed by atoms with E-state index < -0.39 is 10.0 Å². The van der Waals surface area contributed by atoms with Gasteiger partial charge in [0.1, 0.15) is 0 Å². The Hall–Kier alpha value is -2.70. The molecule has 2 unspecified atom stereocenters. The Kier molecular flexibility index (Phi) is 6.59. The molecule has 0 saturated heterocycles. The number of aromatic nitrogens is 1. The molecule has 0 radical (unpaired) electrons. The van der Waals surface area contributed by atoms with Gasteiger partial charge in [-0.3, -0.25) is 4.79 Å². The van der Waals surface area contributed by atoms with Crippen LogP contribution in [0.3, 0.4) is 0 Å². The highest BCUT2D eigenvalue weighted by Gasteiger charge is 2.35. The van der Waals surface area contributed by atoms with Gasteiger partial charge in [0, 0.05) is 41.5 Å². The van der Waals surface area contributed by atoms with E-state index in [0.29, 0.717) is 25.7 Å². The maximum atomic E-state index is 13.6. The third-order valence-corrected chi connectivity index (χ3v) is 7.66. The van der Waals surface area contributed by atoms with Gasteiger partial charge in [0.25, 0.3) is 0 Å². The van der Waals surface area contributed by atoms with Crippen LogP contribution in [0.1, 0.15) is 47.3 Å². The lowest BCUT2D eigenvalue weighted by molar-refractivity contribution is 0.415. The van der Waals surface area contributed by atoms with Crippen LogP contribution >= 0.6 is 0 Å². The highest BCUT2D eigenvalue weighted by Crippen LogP contribution is 2.34. The summed E-state index contributed by atoms with van der Waals surface area (Å²) in [5.74, 6) is -0.223. The zero-order valence-corrected chi connectivity index (χ0v) is 20.6. The molecule has 1 heterocycles. The first kappa shape index (κ1) is 23.5. The SMILES string of the molecule is CCc1c(C)n(C)c2c(c1=O)C(Cc1cccc(-c3ccccc3)c1)C(NS(C)(=O)=O)CC2. The molecule has 0 bridgehead atoms. The molecule has 174 valence electrons. The van der Waals surface area contributed by atoms with Crippen LogP contribution in [0.4, 0.5) is 0 Å². The number of benzene rings is 2. The summed E-state index contributed by atoms with van der Waals surface area (Å²) in [5.41, 5.74) is 7.04. The Bertz CT molecular complexity index is 1330. The lowest BCUT2D eigenvalue weighted by Crippen LogP contribution is -2.45. The summed E-state index contributed by atoms with van der Waals surface area (Å²) in [5, 5.41) is 0. The molecule has 4 rings (SSSR count). The fourth-order valence-electron chi connectivity index (χ4n) is 5.26. The molecule has 33 heavy (non-hydrogen) atoms. The molecule has 1 aliphatic carbocycles. The summed E-state index contributed by atoms with van der Waals surface area (Å²) in [4.78, 5) is 13.6. The van der Waals surface area contributed by atoms with Crippen molar-refractivity contribution in [3.8, 4) is 11.1 Å². The van der Waals surface area contributed by atoms with Gasteiger partial charge in [0.15, 0.2) is 5.43 Å². The topological polar surface area (TPSA) is 68.2 Å². The fourth-order valence-corrected chi connectivity index (χ4v) is 6.09. The van der Waals surface area contributed by atoms with Crippen molar-refractivity contribution in [3.63, 3.8) is 0 Å². The van der Waals surface area contributed by atoms with Crippen molar-refractivity contribution >= 4 is 10.0 Å². The zero-order valence-electron chi connectivity index (χ0n) is 19.8. The predicted molar refractivity (Wildman–Crippen MR) is 134 cm³/mol. The molecule has 1 aliphatic rings. The molecular formula is C27H32N2O3S. The minimum atomic E-state index is -3.41. The number of hydrogen-bond donors (Lipinski definition) is 1. The Morgan fingerprint density at radius 2 is 1.76 bits per heavy atom. The van der Waals surface area contributed by atoms with E-state index in [2.05, 4.69) is 39.6 Å². The molecule has 0 aliphatic heterocycles. The highest BCUT2D eigenvalue weighted by molar-refractivity contribution is 7.88. The van der Waals surface area contributed by atoms with Crippen LogP contribution in [0.2, 0.25) is 0 Å². The van der Waals surface area contributed by atoms with E-state index in [-0.39, 0.29) is 17.4 Å². The van der Waals surface area contributed by atoms with E-state index in [1.807, 2.05) is 45.2 Å². The maximum Gasteiger partial charge on any atom is 0.208 e. The second-order valence-electron chi connectivity index (χ2n) is 9.08. The van der Waals surface area contributed by atoms with E-state index in [1.54, 1.807) is 0 Å². The third-order valence-electron chi connectivity index (χ3n) is 6.93. The third kappa shape index (κ3) is 4.82. The number of fused-ring (bicyclic) bond motifs is 1. The maximum absolute atomic E-state index is 13.6. The van der Waals surface area contributed by atoms with Gasteiger partial charge in [-0.2, -0.15) is 0 Å². The van der Waals surface area contributed by atoms with Crippen molar-refractivity contribution in [3.05, 3.63) is 92.9 Å². The van der Waals surface area contributed by atoms with Crippen LogP contribution < -0.4 is 10.2 Å². The Balaban J connectivity index is 1.82. The van der Waals surface area contributed by atoms with Crippen LogP contribution in [0.5, 0.6) is 0 Å². The lowest BCUT2D eigenvalue weighted by Gasteiger charge is -2.35. The normalized spacial score (nSPS) is 18.2. The van der Waals surface area contributed by atoms with Gasteiger partial charge in [0.05, 0.1) is 6.26 Å². The van der Waals surface area contributed by atoms with Crippen molar-refractivity contribution in [2.45, 2.75) is 51.5 Å². The number of pyridine rings is 1. The summed E-state index contributed by atoms with van der Waals surface area (Å²) >= 11 is 0. The minimum absolute atomic E-state index is 0.0762. The van der Waals surface area contributed by atoms with Crippen molar-refractivity contribution in [1.29, 1.82) is 0 Å². The number of nitrogens with one attached hydrogen (secondary N) is 1. The molecule has 0 amide bonds. The second-order valence-corrected chi connectivity index (χ2v) is 10.9. The average Bonchev–Trinajstić information content (AvgIpc) is 2.79. The van der Waals surface area contributed by atoms with Crippen molar-refractivity contribution in [2.75, 3.05) is 6.26 Å². The van der Waals surface area contributed by atoms with Gasteiger partial charge < -0.3 is 4.57 Å². The van der Waals surface area contributed by atoms with Gasteiger partial charge in [-0.15, -0.1) is 0 Å². The first-order valence-corrected chi connectivity index (χ1v) is 13.4. The van der Waals surface area contributed by atoms with Gasteiger partial charge in [0.2, 0.25) is 10.0 Å². The van der Waals surface area contributed by atoms with Crippen molar-refractivity contribution < 1.29 is 8.42 Å². The van der Waals surface area contributed by atoms with Crippen LogP contribution in [0, 0.1) is 6.92 Å². The monoisotopic (exact) mass is 464 g/mol. The predicted octanol–water partition coefficient (Wildman–Crippen LogP) is 4.11. The number of hydrogen-bond acceptors (Lipinski definition) is 3. The summed E-state index contributed by atoms with van der Waals surface area (Å²) in [6, 6.07) is 18.2. The van der Waals surface area contributed by atoms with E-state index in [9.17, 15) is 13.2 Å². The molecule has 0 spiro atoms. The fraction of sp³-hybridized carbons (Fsp3) is 0.370. The number of nitrogens with zero attached hydrogens (tertiary/aromatic N) is 1. The molecule has 0 saturated carbocycles. The average molecular weight is 465 g/mol. The van der Waals surface area contributed by atoms with Gasteiger partial charge in [-0.05, 0) is 49.3 Å². The minimum Gasteiger partial charge on any atom is -0.351 e. The van der Waals surface area contributed by atoms with Crippen LogP contribution in [0.15, 0.2) is 59.4 Å². The molecule has 5 nitrogen and oxygen atoms in total. The standard InChI is InChI=1S/C27H32N2O3S/c1-5-22-18(2)29(3)25-15-14-24(28-33(4,31)32)23(26(25)27(22)30)17-19-10-9-13-21(16-19)20-11-7-6-8-12-20/h6-13,16,23-24,28H,5,14-15,17H2,1-4H3. The first-order valence-electron chi connectivity index (χ1n) is 11.5. The number of rotatable bonds is 6. The number of sulfonamides is 1. The smallest absolute Gasteiger partial charge is 0.208 e. The van der Waals surface area contributed by atoms with E-state index >= 15 is 0 Å².